The summed E-state index contributed by atoms with van der Waals surface area (Å²) in [7, 11) is 0. The van der Waals surface area contributed by atoms with E-state index in [1.165, 1.54) is 31.7 Å². The summed E-state index contributed by atoms with van der Waals surface area (Å²) in [6.07, 6.45) is 5.28. The Labute approximate surface area is 114 Å². The largest absolute Gasteiger partial charge is 0.312 e. The van der Waals surface area contributed by atoms with E-state index in [0.29, 0.717) is 17.1 Å². The van der Waals surface area contributed by atoms with Crippen LogP contribution in [-0.4, -0.2) is 6.54 Å². The van der Waals surface area contributed by atoms with Gasteiger partial charge in [-0.05, 0) is 43.4 Å². The van der Waals surface area contributed by atoms with E-state index in [1.807, 2.05) is 0 Å². The summed E-state index contributed by atoms with van der Waals surface area (Å²) in [5.74, 6) is 1.43. The Morgan fingerprint density at radius 3 is 2.67 bits per heavy atom. The predicted octanol–water partition coefficient (Wildman–Crippen LogP) is 4.40. The third-order valence-electron chi connectivity index (χ3n) is 3.90. The molecule has 18 heavy (non-hydrogen) atoms. The normalized spacial score (nSPS) is 24.2. The van der Waals surface area contributed by atoms with Gasteiger partial charge in [0, 0.05) is 17.1 Å². The van der Waals surface area contributed by atoms with Crippen molar-refractivity contribution in [1.82, 2.24) is 5.32 Å². The zero-order valence-corrected chi connectivity index (χ0v) is 11.6. The predicted molar refractivity (Wildman–Crippen MR) is 74.2 cm³/mol. The molecule has 0 radical (unpaired) electrons. The number of rotatable bonds is 4. The third-order valence-corrected chi connectivity index (χ3v) is 4.13. The molecule has 1 N–H and O–H groups in total. The minimum atomic E-state index is -0.215. The summed E-state index contributed by atoms with van der Waals surface area (Å²) in [6, 6.07) is 4.87. The van der Waals surface area contributed by atoms with Crippen molar-refractivity contribution >= 4 is 11.6 Å². The summed E-state index contributed by atoms with van der Waals surface area (Å²) >= 11 is 5.73. The Hall–Kier alpha value is -0.600. The zero-order chi connectivity index (χ0) is 13.0. The number of halogens is 2. The summed E-state index contributed by atoms with van der Waals surface area (Å²) in [4.78, 5) is 0. The van der Waals surface area contributed by atoms with Gasteiger partial charge in [0.1, 0.15) is 5.82 Å². The first kappa shape index (κ1) is 13.8. The van der Waals surface area contributed by atoms with Gasteiger partial charge in [-0.1, -0.05) is 37.4 Å². The average molecular weight is 270 g/mol. The second kappa shape index (κ2) is 6.53. The smallest absolute Gasteiger partial charge is 0.129 e. The highest BCUT2D eigenvalue weighted by molar-refractivity contribution is 6.30. The van der Waals surface area contributed by atoms with Gasteiger partial charge in [0.25, 0.3) is 0 Å². The minimum absolute atomic E-state index is 0.215. The molecule has 0 aliphatic heterocycles. The monoisotopic (exact) mass is 269 g/mol. The summed E-state index contributed by atoms with van der Waals surface area (Å²) in [6.45, 7) is 3.91. The molecule has 0 spiro atoms. The van der Waals surface area contributed by atoms with Crippen LogP contribution in [0.1, 0.15) is 38.2 Å². The maximum absolute atomic E-state index is 13.5. The lowest BCUT2D eigenvalue weighted by atomic mass is 9.83. The van der Waals surface area contributed by atoms with Crippen LogP contribution >= 0.6 is 11.6 Å². The highest BCUT2D eigenvalue weighted by Crippen LogP contribution is 2.27. The maximum atomic E-state index is 13.5. The van der Waals surface area contributed by atoms with Crippen LogP contribution < -0.4 is 5.32 Å². The Morgan fingerprint density at radius 2 is 2.00 bits per heavy atom. The van der Waals surface area contributed by atoms with Gasteiger partial charge in [-0.3, -0.25) is 0 Å². The van der Waals surface area contributed by atoms with Gasteiger partial charge in [0.15, 0.2) is 0 Å². The lowest BCUT2D eigenvalue weighted by molar-refractivity contribution is 0.281. The van der Waals surface area contributed by atoms with Crippen molar-refractivity contribution < 1.29 is 4.39 Å². The van der Waals surface area contributed by atoms with E-state index in [4.69, 9.17) is 11.6 Å². The van der Waals surface area contributed by atoms with Crippen LogP contribution in [0.2, 0.25) is 5.02 Å². The van der Waals surface area contributed by atoms with Crippen molar-refractivity contribution in [2.75, 3.05) is 6.54 Å². The Kier molecular flexibility index (Phi) is 5.02. The molecule has 1 aromatic carbocycles. The van der Waals surface area contributed by atoms with Gasteiger partial charge >= 0.3 is 0 Å². The Bertz CT molecular complexity index is 386. The van der Waals surface area contributed by atoms with Crippen molar-refractivity contribution in [2.24, 2.45) is 11.8 Å². The molecule has 0 aromatic heterocycles. The average Bonchev–Trinajstić information content (AvgIpc) is 2.34. The molecule has 0 bridgehead atoms. The molecule has 1 aliphatic carbocycles. The van der Waals surface area contributed by atoms with Crippen LogP contribution in [0.5, 0.6) is 0 Å². The van der Waals surface area contributed by atoms with Gasteiger partial charge in [-0.2, -0.15) is 0 Å². The molecule has 0 amide bonds. The van der Waals surface area contributed by atoms with Gasteiger partial charge in [0.2, 0.25) is 0 Å². The standard InChI is InChI=1S/C15H21ClFN/c1-11-2-4-12(5-3-11)9-18-10-13-6-7-14(16)8-15(13)17/h6-8,11-12,18H,2-5,9-10H2,1H3. The van der Waals surface area contributed by atoms with Crippen molar-refractivity contribution in [1.29, 1.82) is 0 Å². The van der Waals surface area contributed by atoms with E-state index in [0.717, 1.165) is 18.4 Å². The number of hydrogen-bond donors (Lipinski definition) is 1. The van der Waals surface area contributed by atoms with Crippen LogP contribution in [0.15, 0.2) is 18.2 Å². The van der Waals surface area contributed by atoms with E-state index in [1.54, 1.807) is 12.1 Å². The molecule has 0 unspecified atom stereocenters. The summed E-state index contributed by atoms with van der Waals surface area (Å²) < 4.78 is 13.5. The molecule has 100 valence electrons. The lowest BCUT2D eigenvalue weighted by Gasteiger charge is -2.26. The van der Waals surface area contributed by atoms with Crippen LogP contribution in [0.4, 0.5) is 4.39 Å². The molecule has 1 nitrogen and oxygen atoms in total. The number of nitrogens with one attached hydrogen (secondary N) is 1. The van der Waals surface area contributed by atoms with Crippen molar-refractivity contribution in [3.63, 3.8) is 0 Å². The molecule has 1 saturated carbocycles. The van der Waals surface area contributed by atoms with Gasteiger partial charge in [0.05, 0.1) is 0 Å². The summed E-state index contributed by atoms with van der Waals surface area (Å²) in [5.41, 5.74) is 0.698. The van der Waals surface area contributed by atoms with E-state index in [9.17, 15) is 4.39 Å². The fraction of sp³-hybridized carbons (Fsp3) is 0.600. The molecule has 0 atom stereocenters. The molecular weight excluding hydrogens is 249 g/mol. The molecule has 1 fully saturated rings. The van der Waals surface area contributed by atoms with E-state index < -0.39 is 0 Å². The van der Waals surface area contributed by atoms with Gasteiger partial charge in [-0.15, -0.1) is 0 Å². The highest BCUT2D eigenvalue weighted by atomic mass is 35.5. The third kappa shape index (κ3) is 3.96. The van der Waals surface area contributed by atoms with E-state index >= 15 is 0 Å². The first-order chi connectivity index (χ1) is 8.65. The van der Waals surface area contributed by atoms with Crippen LogP contribution in [0.3, 0.4) is 0 Å². The quantitative estimate of drug-likeness (QED) is 0.855. The molecule has 3 heteroatoms. The molecular formula is C15H21ClFN. The minimum Gasteiger partial charge on any atom is -0.312 e. The molecule has 2 rings (SSSR count). The topological polar surface area (TPSA) is 12.0 Å². The first-order valence-electron chi connectivity index (χ1n) is 6.80. The zero-order valence-electron chi connectivity index (χ0n) is 10.9. The van der Waals surface area contributed by atoms with Gasteiger partial charge in [-0.25, -0.2) is 4.39 Å². The fourth-order valence-electron chi connectivity index (χ4n) is 2.61. The van der Waals surface area contributed by atoms with E-state index in [2.05, 4.69) is 12.2 Å². The number of benzene rings is 1. The van der Waals surface area contributed by atoms with Crippen LogP contribution in [0.25, 0.3) is 0 Å². The van der Waals surface area contributed by atoms with E-state index in [-0.39, 0.29) is 5.82 Å². The number of hydrogen-bond acceptors (Lipinski definition) is 1. The molecule has 1 aliphatic rings. The molecule has 1 aromatic rings. The molecule has 0 heterocycles. The Morgan fingerprint density at radius 1 is 1.28 bits per heavy atom. The maximum Gasteiger partial charge on any atom is 0.129 e. The van der Waals surface area contributed by atoms with Crippen molar-refractivity contribution in [3.05, 3.63) is 34.6 Å². The Balaban J connectivity index is 1.75. The van der Waals surface area contributed by atoms with Crippen molar-refractivity contribution in [3.8, 4) is 0 Å². The second-order valence-corrected chi connectivity index (χ2v) is 5.93. The van der Waals surface area contributed by atoms with Crippen molar-refractivity contribution in [2.45, 2.75) is 39.2 Å². The molecule has 0 saturated heterocycles. The van der Waals surface area contributed by atoms with Crippen LogP contribution in [-0.2, 0) is 6.54 Å². The highest BCUT2D eigenvalue weighted by Gasteiger charge is 2.17. The fourth-order valence-corrected chi connectivity index (χ4v) is 2.77. The van der Waals surface area contributed by atoms with Crippen LogP contribution in [0, 0.1) is 17.7 Å². The SMILES string of the molecule is CC1CCC(CNCc2ccc(Cl)cc2F)CC1. The second-order valence-electron chi connectivity index (χ2n) is 5.49. The first-order valence-corrected chi connectivity index (χ1v) is 7.17. The lowest BCUT2D eigenvalue weighted by Crippen LogP contribution is -2.26. The summed E-state index contributed by atoms with van der Waals surface area (Å²) in [5, 5.41) is 3.82. The van der Waals surface area contributed by atoms with Gasteiger partial charge < -0.3 is 5.32 Å².